The molecule has 21 heavy (non-hydrogen) atoms. The zero-order valence-corrected chi connectivity index (χ0v) is 12.5. The Kier molecular flexibility index (Phi) is 4.63. The quantitative estimate of drug-likeness (QED) is 0.691. The molecule has 10 nitrogen and oxygen atoms in total. The average Bonchev–Trinajstić information content (AvgIpc) is 2.93. The molecule has 2 rings (SSSR count). The van der Waals surface area contributed by atoms with Gasteiger partial charge in [0.15, 0.2) is 0 Å². The van der Waals surface area contributed by atoms with E-state index in [0.29, 0.717) is 12.8 Å². The zero-order valence-electron chi connectivity index (χ0n) is 11.7. The van der Waals surface area contributed by atoms with Gasteiger partial charge in [0.1, 0.15) is 0 Å². The molecule has 0 spiro atoms. The maximum Gasteiger partial charge on any atom is 0.336 e. The fourth-order valence-corrected chi connectivity index (χ4v) is 3.22. The van der Waals surface area contributed by atoms with Crippen molar-refractivity contribution in [2.75, 3.05) is 32.0 Å². The summed E-state index contributed by atoms with van der Waals surface area (Å²) in [6, 6.07) is 0.0390. The van der Waals surface area contributed by atoms with Gasteiger partial charge in [-0.3, -0.25) is 4.79 Å². The molecule has 0 atom stereocenters. The molecule has 0 unspecified atom stereocenters. The first-order valence-electron chi connectivity index (χ1n) is 6.28. The molecule has 2 N–H and O–H groups in total. The largest absolute Gasteiger partial charge is 0.469 e. The predicted molar refractivity (Wildman–Crippen MR) is 71.8 cm³/mol. The van der Waals surface area contributed by atoms with E-state index < -0.39 is 10.2 Å². The molecule has 0 saturated carbocycles. The maximum absolute atomic E-state index is 12.2. The summed E-state index contributed by atoms with van der Waals surface area (Å²) in [5.41, 5.74) is 0. The first-order valence-corrected chi connectivity index (χ1v) is 7.72. The molecule has 0 radical (unpaired) electrons. The molecule has 11 heteroatoms. The van der Waals surface area contributed by atoms with Crippen molar-refractivity contribution >= 4 is 22.1 Å². The molecule has 1 aliphatic heterocycles. The van der Waals surface area contributed by atoms with Crippen molar-refractivity contribution in [3.63, 3.8) is 0 Å². The van der Waals surface area contributed by atoms with Gasteiger partial charge < -0.3 is 9.47 Å². The summed E-state index contributed by atoms with van der Waals surface area (Å²) in [4.78, 5) is 15.2. The Morgan fingerprint density at radius 2 is 2.05 bits per heavy atom. The first-order chi connectivity index (χ1) is 9.96. The van der Waals surface area contributed by atoms with Crippen LogP contribution in [0.5, 0.6) is 6.01 Å². The van der Waals surface area contributed by atoms with Crippen LogP contribution in [0.4, 0.5) is 5.95 Å². The Balaban J connectivity index is 1.96. The van der Waals surface area contributed by atoms with E-state index in [1.54, 1.807) is 0 Å². The molecule has 1 fully saturated rings. The third-order valence-electron chi connectivity index (χ3n) is 3.20. The van der Waals surface area contributed by atoms with Gasteiger partial charge in [-0.15, -0.1) is 5.10 Å². The molecule has 1 aliphatic rings. The monoisotopic (exact) mass is 319 g/mol. The zero-order chi connectivity index (χ0) is 15.5. The molecular formula is C10H17N5O5S. The van der Waals surface area contributed by atoms with E-state index in [0.717, 1.165) is 0 Å². The Hall–Kier alpha value is -1.88. The lowest BCUT2D eigenvalue weighted by Crippen LogP contribution is -2.43. The van der Waals surface area contributed by atoms with E-state index in [1.807, 2.05) is 0 Å². The number of nitrogens with one attached hydrogen (secondary N) is 2. The summed E-state index contributed by atoms with van der Waals surface area (Å²) in [6.07, 6.45) is 0.848. The molecule has 1 saturated heterocycles. The first kappa shape index (κ1) is 15.5. The lowest BCUT2D eigenvalue weighted by molar-refractivity contribution is -0.146. The van der Waals surface area contributed by atoms with Crippen LogP contribution < -0.4 is 9.46 Å². The fourth-order valence-electron chi connectivity index (χ4n) is 2.07. The molecule has 0 aliphatic carbocycles. The van der Waals surface area contributed by atoms with Crippen LogP contribution in [-0.4, -0.2) is 61.2 Å². The second-order valence-corrected chi connectivity index (χ2v) is 6.14. The number of hydrogen-bond acceptors (Lipinski definition) is 7. The summed E-state index contributed by atoms with van der Waals surface area (Å²) >= 11 is 0. The number of nitrogens with zero attached hydrogens (tertiary/aromatic N) is 3. The molecule has 2 heterocycles. The molecular weight excluding hydrogens is 302 g/mol. The van der Waals surface area contributed by atoms with Crippen LogP contribution in [0, 0.1) is 5.92 Å². The number of rotatable bonds is 5. The Morgan fingerprint density at radius 3 is 2.57 bits per heavy atom. The number of aromatic amines is 1. The van der Waals surface area contributed by atoms with E-state index in [-0.39, 0.29) is 36.9 Å². The number of piperidine rings is 1. The van der Waals surface area contributed by atoms with Gasteiger partial charge in [-0.25, -0.2) is 9.82 Å². The van der Waals surface area contributed by atoms with Crippen LogP contribution in [0.25, 0.3) is 0 Å². The second-order valence-electron chi connectivity index (χ2n) is 4.47. The van der Waals surface area contributed by atoms with E-state index in [1.165, 1.54) is 18.5 Å². The Morgan fingerprint density at radius 1 is 1.38 bits per heavy atom. The summed E-state index contributed by atoms with van der Waals surface area (Å²) in [7, 11) is -1.05. The highest BCUT2D eigenvalue weighted by Gasteiger charge is 2.32. The lowest BCUT2D eigenvalue weighted by Gasteiger charge is -2.29. The van der Waals surface area contributed by atoms with E-state index in [4.69, 9.17) is 4.74 Å². The van der Waals surface area contributed by atoms with Gasteiger partial charge in [-0.1, -0.05) is 0 Å². The van der Waals surface area contributed by atoms with Gasteiger partial charge in [0.2, 0.25) is 5.95 Å². The van der Waals surface area contributed by atoms with E-state index >= 15 is 0 Å². The van der Waals surface area contributed by atoms with Gasteiger partial charge in [0.25, 0.3) is 0 Å². The number of aromatic nitrogens is 3. The number of esters is 1. The van der Waals surface area contributed by atoms with Gasteiger partial charge in [0.05, 0.1) is 20.1 Å². The van der Waals surface area contributed by atoms with Crippen molar-refractivity contribution in [3.05, 3.63) is 0 Å². The number of anilines is 1. The normalized spacial score (nSPS) is 17.4. The van der Waals surface area contributed by atoms with Gasteiger partial charge >= 0.3 is 22.2 Å². The van der Waals surface area contributed by atoms with Gasteiger partial charge in [-0.2, -0.15) is 17.7 Å². The highest BCUT2D eigenvalue weighted by Crippen LogP contribution is 2.21. The number of ether oxygens (including phenoxy) is 2. The van der Waals surface area contributed by atoms with E-state index in [2.05, 4.69) is 24.6 Å². The summed E-state index contributed by atoms with van der Waals surface area (Å²) in [5.74, 6) is -0.589. The topological polar surface area (TPSA) is 127 Å². The number of carbonyl (C=O) groups excluding carboxylic acids is 1. The smallest absolute Gasteiger partial charge is 0.336 e. The van der Waals surface area contributed by atoms with Crippen molar-refractivity contribution in [2.24, 2.45) is 5.92 Å². The average molecular weight is 319 g/mol. The molecule has 1 aromatic heterocycles. The van der Waals surface area contributed by atoms with Crippen LogP contribution >= 0.6 is 0 Å². The van der Waals surface area contributed by atoms with Crippen molar-refractivity contribution in [1.29, 1.82) is 0 Å². The van der Waals surface area contributed by atoms with Gasteiger partial charge in [0, 0.05) is 13.1 Å². The second kappa shape index (κ2) is 6.26. The minimum Gasteiger partial charge on any atom is -0.469 e. The molecule has 0 aromatic carbocycles. The van der Waals surface area contributed by atoms with Crippen molar-refractivity contribution < 1.29 is 22.7 Å². The molecule has 0 amide bonds. The molecule has 1 aromatic rings. The number of hydrogen-bond donors (Lipinski definition) is 2. The van der Waals surface area contributed by atoms with Crippen molar-refractivity contribution in [1.82, 2.24) is 19.5 Å². The third kappa shape index (κ3) is 3.61. The lowest BCUT2D eigenvalue weighted by atomic mass is 9.99. The minimum absolute atomic E-state index is 0.0260. The number of H-pyrrole nitrogens is 1. The SMILES string of the molecule is COC(=O)C1CCN(S(=O)(=O)Nc2nc(OC)n[nH]2)CC1. The molecule has 118 valence electrons. The highest BCUT2D eigenvalue weighted by atomic mass is 32.2. The predicted octanol–water partition coefficient (Wildman–Crippen LogP) is -0.645. The van der Waals surface area contributed by atoms with Crippen LogP contribution in [0.2, 0.25) is 0 Å². The minimum atomic E-state index is -3.75. The van der Waals surface area contributed by atoms with Crippen LogP contribution in [0.1, 0.15) is 12.8 Å². The van der Waals surface area contributed by atoms with Crippen LogP contribution in [0.15, 0.2) is 0 Å². The van der Waals surface area contributed by atoms with Crippen LogP contribution in [-0.2, 0) is 19.7 Å². The summed E-state index contributed by atoms with van der Waals surface area (Å²) in [6.45, 7) is 0.473. The maximum atomic E-state index is 12.2. The fraction of sp³-hybridized carbons (Fsp3) is 0.700. The summed E-state index contributed by atoms with van der Waals surface area (Å²) in [5, 5.41) is 6.06. The Labute approximate surface area is 122 Å². The van der Waals surface area contributed by atoms with Gasteiger partial charge in [-0.05, 0) is 12.8 Å². The Bertz CT molecular complexity index is 593. The standard InChI is InChI=1S/C10H17N5O5S/c1-19-8(16)7-3-5-15(6-4-7)21(17,18)14-9-11-10(20-2)13-12-9/h7H,3-6H2,1-2H3,(H2,11,12,13,14). The highest BCUT2D eigenvalue weighted by molar-refractivity contribution is 7.90. The molecule has 0 bridgehead atoms. The summed E-state index contributed by atoms with van der Waals surface area (Å²) < 4.78 is 37.3. The van der Waals surface area contributed by atoms with Crippen molar-refractivity contribution in [3.8, 4) is 6.01 Å². The number of methoxy groups -OCH3 is 2. The van der Waals surface area contributed by atoms with Crippen LogP contribution in [0.3, 0.4) is 0 Å². The van der Waals surface area contributed by atoms with Crippen molar-refractivity contribution in [2.45, 2.75) is 12.8 Å². The van der Waals surface area contributed by atoms with E-state index in [9.17, 15) is 13.2 Å². The third-order valence-corrected chi connectivity index (χ3v) is 4.70. The number of carbonyl (C=O) groups is 1.